The van der Waals surface area contributed by atoms with E-state index in [9.17, 15) is 0 Å². The van der Waals surface area contributed by atoms with Crippen LogP contribution in [-0.4, -0.2) is 25.1 Å². The van der Waals surface area contributed by atoms with Crippen molar-refractivity contribution >= 4 is 23.4 Å². The van der Waals surface area contributed by atoms with Crippen molar-refractivity contribution in [3.05, 3.63) is 63.7 Å². The van der Waals surface area contributed by atoms with Gasteiger partial charge in [-0.3, -0.25) is 0 Å². The minimum atomic E-state index is -1.50. The third-order valence-corrected chi connectivity index (χ3v) is 5.49. The summed E-state index contributed by atoms with van der Waals surface area (Å²) in [5, 5.41) is 15.2. The zero-order chi connectivity index (χ0) is 19.2. The smallest absolute Gasteiger partial charge is 0.291 e. The van der Waals surface area contributed by atoms with Gasteiger partial charge in [-0.15, -0.1) is 10.1 Å². The molecule has 0 aliphatic rings. The lowest BCUT2D eigenvalue weighted by Gasteiger charge is -2.17. The van der Waals surface area contributed by atoms with Crippen LogP contribution in [0.3, 0.4) is 0 Å². The molecule has 0 radical (unpaired) electrons. The molecule has 0 saturated heterocycles. The first-order chi connectivity index (χ1) is 12.5. The number of thioether (sulfide) groups is 1. The van der Waals surface area contributed by atoms with Gasteiger partial charge in [0.1, 0.15) is 0 Å². The molecule has 6 nitrogen and oxygen atoms in total. The average Bonchev–Trinajstić information content (AvgIpc) is 3.11. The molecule has 2 rings (SSSR count). The largest absolute Gasteiger partial charge is 0.337 e. The number of unbranched alkanes of at least 4 members (excludes halogenated alkanes) is 2. The number of imidazole rings is 1. The van der Waals surface area contributed by atoms with Crippen molar-refractivity contribution < 1.29 is 10.3 Å². The van der Waals surface area contributed by atoms with E-state index in [1.165, 1.54) is 37.7 Å². The van der Waals surface area contributed by atoms with Crippen LogP contribution in [0.2, 0.25) is 5.02 Å². The Kier molecular flexibility index (Phi) is 11.6. The second-order valence-electron chi connectivity index (χ2n) is 5.88. The molecule has 8 heteroatoms. The summed E-state index contributed by atoms with van der Waals surface area (Å²) in [6, 6.07) is 8.23. The van der Waals surface area contributed by atoms with Gasteiger partial charge >= 0.3 is 0 Å². The van der Waals surface area contributed by atoms with E-state index in [1.807, 2.05) is 30.9 Å². The quantitative estimate of drug-likeness (QED) is 0.326. The molecule has 2 aromatic rings. The molecule has 0 bridgehead atoms. The molecule has 0 amide bonds. The molecule has 1 unspecified atom stereocenters. The topological polar surface area (TPSA) is 81.2 Å². The predicted octanol–water partition coefficient (Wildman–Crippen LogP) is 5.46. The minimum absolute atomic E-state index is 0.713. The molecular formula is C18H26ClN3O3S. The van der Waals surface area contributed by atoms with Gasteiger partial charge < -0.3 is 9.77 Å². The highest BCUT2D eigenvalue weighted by Crippen LogP contribution is 2.26. The Labute approximate surface area is 163 Å². The number of aromatic nitrogens is 2. The van der Waals surface area contributed by atoms with E-state index >= 15 is 0 Å². The molecule has 0 spiro atoms. The zero-order valence-corrected chi connectivity index (χ0v) is 16.5. The van der Waals surface area contributed by atoms with Crippen LogP contribution in [-0.2, 0) is 12.3 Å². The molecule has 1 aromatic heterocycles. The number of hydrogen-bond acceptors (Lipinski definition) is 4. The molecule has 26 heavy (non-hydrogen) atoms. The van der Waals surface area contributed by atoms with Crippen LogP contribution < -0.4 is 0 Å². The molecule has 0 aliphatic carbocycles. The summed E-state index contributed by atoms with van der Waals surface area (Å²) < 4.78 is 2.18. The highest BCUT2D eigenvalue weighted by atomic mass is 35.5. The van der Waals surface area contributed by atoms with Gasteiger partial charge in [-0.2, -0.15) is 11.8 Å². The second-order valence-corrected chi connectivity index (χ2v) is 7.61. The summed E-state index contributed by atoms with van der Waals surface area (Å²) >= 11 is 8.03. The summed E-state index contributed by atoms with van der Waals surface area (Å²) in [4.78, 5) is 12.5. The summed E-state index contributed by atoms with van der Waals surface area (Å²) in [6.45, 7) is 3.33. The van der Waals surface area contributed by atoms with Crippen molar-refractivity contribution in [2.24, 2.45) is 0 Å². The SMILES string of the molecule is CCCCCC(CCn1ccnc1)SCc1ccc(Cl)cc1.O=[N+]([O-])O. The van der Waals surface area contributed by atoms with Gasteiger partial charge in [-0.1, -0.05) is 49.9 Å². The Hall–Kier alpha value is -1.73. The van der Waals surface area contributed by atoms with E-state index < -0.39 is 5.09 Å². The van der Waals surface area contributed by atoms with Crippen molar-refractivity contribution in [1.29, 1.82) is 0 Å². The van der Waals surface area contributed by atoms with E-state index in [2.05, 4.69) is 40.4 Å². The van der Waals surface area contributed by atoms with Crippen molar-refractivity contribution in [2.75, 3.05) is 0 Å². The summed E-state index contributed by atoms with van der Waals surface area (Å²) in [6.07, 6.45) is 12.3. The highest BCUT2D eigenvalue weighted by molar-refractivity contribution is 7.99. The van der Waals surface area contributed by atoms with Crippen LogP contribution in [0, 0.1) is 10.1 Å². The van der Waals surface area contributed by atoms with Gasteiger partial charge in [-0.05, 0) is 30.5 Å². The van der Waals surface area contributed by atoms with Gasteiger partial charge in [0.05, 0.1) is 6.33 Å². The summed E-state index contributed by atoms with van der Waals surface area (Å²) in [5.41, 5.74) is 1.36. The van der Waals surface area contributed by atoms with Crippen molar-refractivity contribution in [1.82, 2.24) is 9.55 Å². The zero-order valence-electron chi connectivity index (χ0n) is 15.0. The van der Waals surface area contributed by atoms with Crippen molar-refractivity contribution in [2.45, 2.75) is 56.6 Å². The fourth-order valence-corrected chi connectivity index (χ4v) is 3.79. The summed E-state index contributed by atoms with van der Waals surface area (Å²) in [5.74, 6) is 1.07. The Bertz CT molecular complexity index is 605. The number of nitrogens with zero attached hydrogens (tertiary/aromatic N) is 3. The number of hydrogen-bond donors (Lipinski definition) is 1. The first-order valence-electron chi connectivity index (χ1n) is 8.66. The molecule has 1 heterocycles. The van der Waals surface area contributed by atoms with E-state index in [4.69, 9.17) is 26.9 Å². The predicted molar refractivity (Wildman–Crippen MR) is 106 cm³/mol. The molecule has 0 aliphatic heterocycles. The summed E-state index contributed by atoms with van der Waals surface area (Å²) in [7, 11) is 0. The lowest BCUT2D eigenvalue weighted by atomic mass is 10.1. The van der Waals surface area contributed by atoms with E-state index in [0.29, 0.717) is 5.25 Å². The fourth-order valence-electron chi connectivity index (χ4n) is 2.44. The minimum Gasteiger partial charge on any atom is -0.337 e. The van der Waals surface area contributed by atoms with Crippen LogP contribution in [0.15, 0.2) is 43.0 Å². The Morgan fingerprint density at radius 3 is 2.58 bits per heavy atom. The second kappa shape index (κ2) is 13.5. The highest BCUT2D eigenvalue weighted by Gasteiger charge is 2.10. The van der Waals surface area contributed by atoms with Crippen molar-refractivity contribution in [3.8, 4) is 0 Å². The molecule has 1 atom stereocenters. The van der Waals surface area contributed by atoms with Crippen LogP contribution in [0.5, 0.6) is 0 Å². The number of halogens is 1. The van der Waals surface area contributed by atoms with Crippen LogP contribution in [0.25, 0.3) is 0 Å². The van der Waals surface area contributed by atoms with Crippen LogP contribution in [0.4, 0.5) is 0 Å². The lowest BCUT2D eigenvalue weighted by molar-refractivity contribution is -0.742. The first kappa shape index (κ1) is 22.3. The van der Waals surface area contributed by atoms with Gasteiger partial charge in [-0.25, -0.2) is 4.98 Å². The van der Waals surface area contributed by atoms with Gasteiger partial charge in [0.2, 0.25) is 0 Å². The molecular weight excluding hydrogens is 374 g/mol. The van der Waals surface area contributed by atoms with Crippen LogP contribution >= 0.6 is 23.4 Å². The number of benzene rings is 1. The molecule has 0 fully saturated rings. The number of rotatable bonds is 10. The lowest BCUT2D eigenvalue weighted by Crippen LogP contribution is -2.08. The molecule has 1 N–H and O–H groups in total. The normalized spacial score (nSPS) is 11.5. The maximum absolute atomic E-state index is 8.36. The first-order valence-corrected chi connectivity index (χ1v) is 10.1. The molecule has 0 saturated carbocycles. The monoisotopic (exact) mass is 399 g/mol. The number of aryl methyl sites for hydroxylation is 1. The third kappa shape index (κ3) is 11.0. The van der Waals surface area contributed by atoms with E-state index in [-0.39, 0.29) is 0 Å². The van der Waals surface area contributed by atoms with Gasteiger partial charge in [0.15, 0.2) is 0 Å². The van der Waals surface area contributed by atoms with Crippen LogP contribution in [0.1, 0.15) is 44.6 Å². The van der Waals surface area contributed by atoms with Crippen molar-refractivity contribution in [3.63, 3.8) is 0 Å². The molecule has 1 aromatic carbocycles. The maximum Gasteiger partial charge on any atom is 0.291 e. The Balaban J connectivity index is 0.000000765. The molecule has 144 valence electrons. The average molecular weight is 400 g/mol. The third-order valence-electron chi connectivity index (χ3n) is 3.80. The van der Waals surface area contributed by atoms with E-state index in [0.717, 1.165) is 17.3 Å². The van der Waals surface area contributed by atoms with E-state index in [1.54, 1.807) is 0 Å². The Morgan fingerprint density at radius 2 is 2.00 bits per heavy atom. The Morgan fingerprint density at radius 1 is 1.31 bits per heavy atom. The van der Waals surface area contributed by atoms with Gasteiger partial charge in [0.25, 0.3) is 5.09 Å². The maximum atomic E-state index is 8.36. The fraction of sp³-hybridized carbons (Fsp3) is 0.500. The van der Waals surface area contributed by atoms with Gasteiger partial charge in [0, 0.05) is 35.0 Å². The standard InChI is InChI=1S/C18H25ClN2S.HNO3/c1-2-3-4-5-18(10-12-21-13-11-20-15-21)22-14-16-6-8-17(19)9-7-16;2-1(3)4/h6-9,11,13,15,18H,2-5,10,12,14H2,1H3;(H,2,3,4).